The number of hydrogen-bond acceptors (Lipinski definition) is 1. The molecule has 1 rings (SSSR count). The van der Waals surface area contributed by atoms with Gasteiger partial charge >= 0.3 is 6.03 Å². The number of allylic oxidation sites excluding steroid dienone is 1. The van der Waals surface area contributed by atoms with Gasteiger partial charge in [-0.3, -0.25) is 0 Å². The molecule has 0 fully saturated rings. The molecule has 2 amide bonds. The van der Waals surface area contributed by atoms with Crippen LogP contribution in [0.1, 0.15) is 52.5 Å². The van der Waals surface area contributed by atoms with Gasteiger partial charge in [-0.15, -0.1) is 0 Å². The van der Waals surface area contributed by atoms with Crippen LogP contribution >= 0.6 is 0 Å². The summed E-state index contributed by atoms with van der Waals surface area (Å²) in [5.41, 5.74) is 3.21. The van der Waals surface area contributed by atoms with Crippen LogP contribution < -0.4 is 10.6 Å². The number of amides is 2. The van der Waals surface area contributed by atoms with Gasteiger partial charge in [0.05, 0.1) is 0 Å². The summed E-state index contributed by atoms with van der Waals surface area (Å²) >= 11 is 0. The third-order valence-electron chi connectivity index (χ3n) is 3.69. The Hall–Kier alpha value is -1.77. The van der Waals surface area contributed by atoms with Crippen molar-refractivity contribution in [2.24, 2.45) is 5.92 Å². The van der Waals surface area contributed by atoms with E-state index in [2.05, 4.69) is 44.4 Å². The van der Waals surface area contributed by atoms with Crippen molar-refractivity contribution in [2.45, 2.75) is 47.0 Å². The van der Waals surface area contributed by atoms with Crippen LogP contribution in [-0.2, 0) is 0 Å². The molecular weight excluding hydrogens is 248 g/mol. The number of nitrogens with one attached hydrogen (secondary N) is 2. The van der Waals surface area contributed by atoms with Crippen molar-refractivity contribution in [1.82, 2.24) is 5.32 Å². The summed E-state index contributed by atoms with van der Waals surface area (Å²) in [4.78, 5) is 11.9. The number of benzene rings is 1. The quantitative estimate of drug-likeness (QED) is 0.789. The number of carbonyl (C=O) groups excluding carboxylic acids is 1. The average Bonchev–Trinajstić information content (AvgIpc) is 2.44. The first kappa shape index (κ1) is 16.3. The summed E-state index contributed by atoms with van der Waals surface area (Å²) in [7, 11) is 0. The number of para-hydroxylation sites is 1. The molecule has 0 saturated carbocycles. The van der Waals surface area contributed by atoms with E-state index in [1.165, 1.54) is 5.56 Å². The van der Waals surface area contributed by atoms with Crippen molar-refractivity contribution in [3.05, 3.63) is 41.6 Å². The molecule has 1 unspecified atom stereocenters. The van der Waals surface area contributed by atoms with Gasteiger partial charge in [-0.25, -0.2) is 4.79 Å². The number of urea groups is 1. The zero-order valence-electron chi connectivity index (χ0n) is 13.2. The monoisotopic (exact) mass is 274 g/mol. The first-order valence-electron chi connectivity index (χ1n) is 7.28. The topological polar surface area (TPSA) is 41.1 Å². The Balaban J connectivity index is 2.74. The summed E-state index contributed by atoms with van der Waals surface area (Å²) in [6, 6.07) is 7.77. The molecule has 3 nitrogen and oxygen atoms in total. The van der Waals surface area contributed by atoms with E-state index in [1.807, 2.05) is 25.1 Å². The minimum Gasteiger partial charge on any atom is -0.314 e. The SMILES string of the molecule is CCC(C)c1ccccc1NC(=O)N/C=C(\C)C(C)C. The average molecular weight is 274 g/mol. The van der Waals surface area contributed by atoms with Gasteiger partial charge < -0.3 is 10.6 Å². The van der Waals surface area contributed by atoms with Crippen molar-refractivity contribution < 1.29 is 4.79 Å². The summed E-state index contributed by atoms with van der Waals surface area (Å²) < 4.78 is 0. The maximum absolute atomic E-state index is 11.9. The molecule has 0 spiro atoms. The lowest BCUT2D eigenvalue weighted by molar-refractivity contribution is 0.255. The molecule has 0 heterocycles. The molecule has 0 aliphatic heterocycles. The summed E-state index contributed by atoms with van der Waals surface area (Å²) in [5, 5.41) is 5.71. The van der Waals surface area contributed by atoms with Crippen LogP contribution in [0.2, 0.25) is 0 Å². The molecule has 0 aliphatic rings. The number of rotatable bonds is 5. The van der Waals surface area contributed by atoms with Gasteiger partial charge in [-0.2, -0.15) is 0 Å². The third-order valence-corrected chi connectivity index (χ3v) is 3.69. The Morgan fingerprint density at radius 2 is 1.90 bits per heavy atom. The van der Waals surface area contributed by atoms with Crippen LogP contribution in [0.15, 0.2) is 36.0 Å². The van der Waals surface area contributed by atoms with Crippen LogP contribution in [0.4, 0.5) is 10.5 Å². The molecule has 0 bridgehead atoms. The van der Waals surface area contributed by atoms with Crippen molar-refractivity contribution >= 4 is 11.7 Å². The second-order valence-corrected chi connectivity index (χ2v) is 5.54. The molecule has 1 atom stereocenters. The molecule has 3 heteroatoms. The minimum absolute atomic E-state index is 0.194. The summed E-state index contributed by atoms with van der Waals surface area (Å²) in [6.45, 7) is 10.5. The van der Waals surface area contributed by atoms with E-state index >= 15 is 0 Å². The largest absolute Gasteiger partial charge is 0.323 e. The molecule has 1 aromatic carbocycles. The number of carbonyl (C=O) groups is 1. The lowest BCUT2D eigenvalue weighted by atomic mass is 9.97. The number of anilines is 1. The first-order chi connectivity index (χ1) is 9.45. The van der Waals surface area contributed by atoms with Gasteiger partial charge in [0.1, 0.15) is 0 Å². The van der Waals surface area contributed by atoms with Crippen LogP contribution in [0.5, 0.6) is 0 Å². The molecule has 1 aromatic rings. The van der Waals surface area contributed by atoms with Crippen molar-refractivity contribution in [2.75, 3.05) is 5.32 Å². The Morgan fingerprint density at radius 1 is 1.25 bits per heavy atom. The fourth-order valence-corrected chi connectivity index (χ4v) is 1.76. The fraction of sp³-hybridized carbons (Fsp3) is 0.471. The standard InChI is InChI=1S/C17H26N2O/c1-6-13(4)15-9-7-8-10-16(15)19-17(20)18-11-14(5)12(2)3/h7-13H,6H2,1-5H3,(H2,18,19,20)/b14-11+. The Labute approximate surface area is 122 Å². The van der Waals surface area contributed by atoms with Crippen LogP contribution in [0.3, 0.4) is 0 Å². The van der Waals surface area contributed by atoms with Crippen LogP contribution in [0, 0.1) is 5.92 Å². The van der Waals surface area contributed by atoms with E-state index in [-0.39, 0.29) is 6.03 Å². The van der Waals surface area contributed by atoms with Crippen molar-refractivity contribution in [3.8, 4) is 0 Å². The molecule has 0 aliphatic carbocycles. The van der Waals surface area contributed by atoms with E-state index in [0.717, 1.165) is 17.7 Å². The fourth-order valence-electron chi connectivity index (χ4n) is 1.76. The highest BCUT2D eigenvalue weighted by Crippen LogP contribution is 2.26. The first-order valence-corrected chi connectivity index (χ1v) is 7.28. The van der Waals surface area contributed by atoms with E-state index < -0.39 is 0 Å². The van der Waals surface area contributed by atoms with E-state index in [4.69, 9.17) is 0 Å². The van der Waals surface area contributed by atoms with Gasteiger partial charge in [0.25, 0.3) is 0 Å². The lowest BCUT2D eigenvalue weighted by Gasteiger charge is -2.15. The second kappa shape index (κ2) is 7.73. The van der Waals surface area contributed by atoms with E-state index in [1.54, 1.807) is 6.20 Å². The molecule has 2 N–H and O–H groups in total. The summed E-state index contributed by atoms with van der Waals surface area (Å²) in [6.07, 6.45) is 2.82. The van der Waals surface area contributed by atoms with Gasteiger partial charge in [-0.05, 0) is 36.8 Å². The highest BCUT2D eigenvalue weighted by atomic mass is 16.2. The zero-order valence-corrected chi connectivity index (χ0v) is 13.2. The van der Waals surface area contributed by atoms with Gasteiger partial charge in [0.15, 0.2) is 0 Å². The summed E-state index contributed by atoms with van der Waals surface area (Å²) in [5.74, 6) is 0.863. The lowest BCUT2D eigenvalue weighted by Crippen LogP contribution is -2.25. The Bertz CT molecular complexity index is 478. The van der Waals surface area contributed by atoms with E-state index in [9.17, 15) is 4.79 Å². The van der Waals surface area contributed by atoms with Crippen molar-refractivity contribution in [3.63, 3.8) is 0 Å². The minimum atomic E-state index is -0.194. The van der Waals surface area contributed by atoms with Gasteiger partial charge in [-0.1, -0.05) is 51.5 Å². The molecule has 0 aromatic heterocycles. The van der Waals surface area contributed by atoms with Crippen LogP contribution in [-0.4, -0.2) is 6.03 Å². The molecule has 0 saturated heterocycles. The second-order valence-electron chi connectivity index (χ2n) is 5.54. The maximum Gasteiger partial charge on any atom is 0.323 e. The maximum atomic E-state index is 11.9. The van der Waals surface area contributed by atoms with Gasteiger partial charge in [0, 0.05) is 11.9 Å². The number of hydrogen-bond donors (Lipinski definition) is 2. The Morgan fingerprint density at radius 3 is 2.50 bits per heavy atom. The van der Waals surface area contributed by atoms with Gasteiger partial charge in [0.2, 0.25) is 0 Å². The van der Waals surface area contributed by atoms with Crippen molar-refractivity contribution in [1.29, 1.82) is 0 Å². The predicted octanol–water partition coefficient (Wildman–Crippen LogP) is 4.88. The molecule has 0 radical (unpaired) electrons. The van der Waals surface area contributed by atoms with E-state index in [0.29, 0.717) is 11.8 Å². The predicted molar refractivity (Wildman–Crippen MR) is 85.9 cm³/mol. The zero-order chi connectivity index (χ0) is 15.1. The molecular formula is C17H26N2O. The third kappa shape index (κ3) is 4.72. The smallest absolute Gasteiger partial charge is 0.314 e. The highest BCUT2D eigenvalue weighted by Gasteiger charge is 2.10. The Kier molecular flexibility index (Phi) is 6.29. The molecule has 110 valence electrons. The highest BCUT2D eigenvalue weighted by molar-refractivity contribution is 5.90. The molecule has 20 heavy (non-hydrogen) atoms. The van der Waals surface area contributed by atoms with Crippen LogP contribution in [0.25, 0.3) is 0 Å². The normalized spacial score (nSPS) is 13.2.